The Kier molecular flexibility index (Phi) is 81.1. The molecule has 0 aromatic carbocycles. The summed E-state index contributed by atoms with van der Waals surface area (Å²) in [4.78, 5) is 19.7. The molecule has 4 heterocycles. The number of unbranched alkanes of at least 4 members (excludes halogenated alkanes) is 10. The van der Waals surface area contributed by atoms with Crippen molar-refractivity contribution in [2.75, 3.05) is 111 Å². The van der Waals surface area contributed by atoms with Gasteiger partial charge in [-0.2, -0.15) is 0 Å². The zero-order valence-electron chi connectivity index (χ0n) is 58.8. The molecule has 4 aliphatic rings. The van der Waals surface area contributed by atoms with Crippen LogP contribution in [0.15, 0.2) is 0 Å². The van der Waals surface area contributed by atoms with Gasteiger partial charge >= 0.3 is 10.9 Å². The Morgan fingerprint density at radius 2 is 0.744 bits per heavy atom. The highest BCUT2D eigenvalue weighted by atomic mass is 35.5. The first kappa shape index (κ1) is 96.0. The van der Waals surface area contributed by atoms with Crippen LogP contribution in [0.1, 0.15) is 262 Å². The lowest BCUT2D eigenvalue weighted by molar-refractivity contribution is -0.00658. The molecule has 0 aromatic rings. The molecule has 0 aromatic heterocycles. The number of alkyl halides is 2. The number of hydrogen-bond acceptors (Lipinski definition) is 16. The summed E-state index contributed by atoms with van der Waals surface area (Å²) in [5, 5.41) is 44.1. The third kappa shape index (κ3) is 78.3. The van der Waals surface area contributed by atoms with Gasteiger partial charge in [0.15, 0.2) is 6.10 Å². The highest BCUT2D eigenvalue weighted by Crippen LogP contribution is 2.21. The second-order valence-electron chi connectivity index (χ2n) is 24.5. The molecule has 11 atom stereocenters. The van der Waals surface area contributed by atoms with E-state index < -0.39 is 23.1 Å². The molecule has 4 saturated heterocycles. The van der Waals surface area contributed by atoms with E-state index in [1.165, 1.54) is 193 Å². The summed E-state index contributed by atoms with van der Waals surface area (Å²) in [6.45, 7) is 30.5. The molecule has 0 radical (unpaired) electrons. The summed E-state index contributed by atoms with van der Waals surface area (Å²) in [6, 6.07) is 0. The largest absolute Gasteiger partial charge is 0.508 e. The van der Waals surface area contributed by atoms with Gasteiger partial charge in [-0.15, -0.1) is 23.2 Å². The Morgan fingerprint density at radius 3 is 0.989 bits per heavy atom. The van der Waals surface area contributed by atoms with E-state index in [4.69, 9.17) is 86.3 Å². The minimum atomic E-state index is -0.889. The van der Waals surface area contributed by atoms with Gasteiger partial charge in [0.05, 0.1) is 83.4 Å². The van der Waals surface area contributed by atoms with Crippen LogP contribution < -0.4 is 0 Å². The number of aliphatic hydroxyl groups is 5. The Labute approximate surface area is 570 Å². The molecule has 0 saturated carbocycles. The second-order valence-corrected chi connectivity index (χ2v) is 26.0. The molecule has 0 amide bonds. The molecule has 20 heteroatoms. The van der Waals surface area contributed by atoms with Gasteiger partial charge in [0.1, 0.15) is 24.9 Å². The van der Waals surface area contributed by atoms with Crippen LogP contribution in [-0.2, 0) is 42.6 Å². The summed E-state index contributed by atoms with van der Waals surface area (Å²) in [5.41, 5.74) is 0. The summed E-state index contributed by atoms with van der Waals surface area (Å²) >= 11 is 19.6. The molecular formula is C70H140Cl4O16. The van der Waals surface area contributed by atoms with E-state index in [0.29, 0.717) is 74.8 Å². The number of carbonyl (C=O) groups excluding carboxylic acids is 2. The van der Waals surface area contributed by atoms with Crippen LogP contribution in [-0.4, -0.2) is 184 Å². The molecule has 5 N–H and O–H groups in total. The number of aliphatic hydroxyl groups excluding tert-OH is 5. The maximum absolute atomic E-state index is 10.7. The van der Waals surface area contributed by atoms with Crippen molar-refractivity contribution < 1.29 is 77.8 Å². The maximum Gasteiger partial charge on any atom is 0.508 e. The van der Waals surface area contributed by atoms with E-state index in [2.05, 4.69) is 97.2 Å². The van der Waals surface area contributed by atoms with E-state index >= 15 is 0 Å². The van der Waals surface area contributed by atoms with Crippen LogP contribution in [0.4, 0.5) is 9.59 Å². The van der Waals surface area contributed by atoms with Crippen molar-refractivity contribution in [2.24, 2.45) is 29.6 Å². The number of hydrogen-bond donors (Lipinski definition) is 5. The molecule has 90 heavy (non-hydrogen) atoms. The van der Waals surface area contributed by atoms with Gasteiger partial charge < -0.3 is 68.2 Å². The van der Waals surface area contributed by atoms with Crippen LogP contribution in [0, 0.1) is 29.6 Å². The van der Waals surface area contributed by atoms with Crippen LogP contribution in [0.25, 0.3) is 0 Å². The van der Waals surface area contributed by atoms with Crippen molar-refractivity contribution >= 4 is 57.3 Å². The van der Waals surface area contributed by atoms with E-state index in [9.17, 15) is 9.90 Å². The Morgan fingerprint density at radius 1 is 0.422 bits per heavy atom. The highest BCUT2D eigenvalue weighted by Gasteiger charge is 2.26. The number of epoxide rings is 3. The molecule has 16 nitrogen and oxygen atoms in total. The van der Waals surface area contributed by atoms with Gasteiger partial charge in [-0.05, 0) is 117 Å². The SMILES string of the molecule is CCCCCC(CCC)COCC(O)CCl.CCCCCC(CCC)COCC(O)CO.CCCCCC(CCC)COCC1CO1.CCCCCC(CCC)COCC1COC(=O)O1.CCCCCC(CO)CCC.ClCC1CO1.O=C(Cl)Cl.OCC1CO1. The fourth-order valence-electron chi connectivity index (χ4n) is 9.54. The average molecular weight is 1380 g/mol. The van der Waals surface area contributed by atoms with Crippen LogP contribution in [0.2, 0.25) is 0 Å². The second kappa shape index (κ2) is 76.0. The molecular weight excluding hydrogens is 1240 g/mol. The van der Waals surface area contributed by atoms with Gasteiger partial charge in [-0.25, -0.2) is 4.79 Å². The van der Waals surface area contributed by atoms with Gasteiger partial charge in [0.25, 0.3) is 0 Å². The number of cyclic esters (lactones) is 2. The van der Waals surface area contributed by atoms with Crippen LogP contribution in [0.5, 0.6) is 0 Å². The molecule has 0 aliphatic carbocycles. The van der Waals surface area contributed by atoms with Gasteiger partial charge in [-0.1, -0.05) is 198 Å². The smallest absolute Gasteiger partial charge is 0.430 e. The first-order valence-electron chi connectivity index (χ1n) is 35.7. The lowest BCUT2D eigenvalue weighted by atomic mass is 9.97. The first-order chi connectivity index (χ1) is 43.5. The summed E-state index contributed by atoms with van der Waals surface area (Å²) in [5.74, 6) is 4.18. The van der Waals surface area contributed by atoms with Crippen molar-refractivity contribution in [3.63, 3.8) is 0 Å². The number of carbonyl (C=O) groups is 2. The monoisotopic (exact) mass is 1380 g/mol. The molecule has 11 unspecified atom stereocenters. The predicted octanol–water partition coefficient (Wildman–Crippen LogP) is 17.4. The highest BCUT2D eigenvalue weighted by molar-refractivity contribution is 6.93. The molecule has 4 rings (SSSR count). The molecule has 4 aliphatic heterocycles. The number of rotatable bonds is 51. The molecule has 4 fully saturated rings. The third-order valence-electron chi connectivity index (χ3n) is 15.1. The van der Waals surface area contributed by atoms with Crippen molar-refractivity contribution in [2.45, 2.75) is 298 Å². The van der Waals surface area contributed by atoms with Crippen LogP contribution >= 0.6 is 46.4 Å². The molecule has 0 spiro atoms. The number of ether oxygens (including phenoxy) is 9. The van der Waals surface area contributed by atoms with Crippen molar-refractivity contribution in [1.29, 1.82) is 0 Å². The summed E-state index contributed by atoms with van der Waals surface area (Å²) in [6.07, 6.45) is 36.9. The minimum Gasteiger partial charge on any atom is -0.430 e. The quantitative estimate of drug-likeness (QED) is 0.0125. The Hall–Kier alpha value is -0.380. The third-order valence-corrected chi connectivity index (χ3v) is 15.8. The summed E-state index contributed by atoms with van der Waals surface area (Å²) < 4.78 is 45.4. The number of halogens is 4. The first-order valence-corrected chi connectivity index (χ1v) is 37.5. The van der Waals surface area contributed by atoms with Crippen molar-refractivity contribution in [3.05, 3.63) is 0 Å². The van der Waals surface area contributed by atoms with Crippen LogP contribution in [0.3, 0.4) is 0 Å². The lowest BCUT2D eigenvalue weighted by Crippen LogP contribution is -2.21. The van der Waals surface area contributed by atoms with Crippen molar-refractivity contribution in [1.82, 2.24) is 0 Å². The fraction of sp³-hybridized carbons (Fsp3) is 0.971. The summed E-state index contributed by atoms with van der Waals surface area (Å²) in [7, 11) is 0. The normalized spacial score (nSPS) is 18.8. The van der Waals surface area contributed by atoms with E-state index in [1.54, 1.807) is 0 Å². The van der Waals surface area contributed by atoms with E-state index in [-0.39, 0.29) is 37.9 Å². The Bertz CT molecular complexity index is 1360. The van der Waals surface area contributed by atoms with E-state index in [0.717, 1.165) is 52.2 Å². The lowest BCUT2D eigenvalue weighted by Gasteiger charge is -2.17. The maximum atomic E-state index is 10.7. The van der Waals surface area contributed by atoms with E-state index in [1.807, 2.05) is 0 Å². The van der Waals surface area contributed by atoms with Gasteiger partial charge in [-0.3, -0.25) is 4.79 Å². The average Bonchev–Trinajstić information content (AvgIpc) is 4.55. The molecule has 544 valence electrons. The fourth-order valence-corrected chi connectivity index (χ4v) is 9.81. The minimum absolute atomic E-state index is 0.190. The Balaban J connectivity index is -0.000000488. The topological polar surface area (TPSA) is 228 Å². The van der Waals surface area contributed by atoms with Gasteiger partial charge in [0.2, 0.25) is 0 Å². The van der Waals surface area contributed by atoms with Gasteiger partial charge in [0, 0.05) is 33.0 Å². The zero-order valence-corrected chi connectivity index (χ0v) is 61.8. The van der Waals surface area contributed by atoms with Crippen molar-refractivity contribution in [3.8, 4) is 0 Å². The zero-order chi connectivity index (χ0) is 68.1. The predicted molar refractivity (Wildman–Crippen MR) is 373 cm³/mol. The standard InChI is InChI=1S/C14H26O4.C13H27ClO2.C13H28O3.C13H26O2.C10H22O.C3H5ClO.C3H6O2.CCl2O/c1-3-5-6-8-12(7-4-2)9-16-10-13-11-17-14(15)18-13;2*1-3-5-6-8-12(7-4-2)10-16-11-13(15)9-14;1-3-5-6-8-12(7-4-2)9-14-10-13-11-15-13;1-3-5-6-8-10(9-11)7-4-2;2*4-1-3-2-5-3;2-1(3)4/h12-13H,3-11H2,1-2H3;12-13,15H,3-11H2,1-2H3;12-15H,3-11H2,1-2H3;12-13H,3-11H2,1-2H3;10-11H,3-9H2,1-2H3;3H,1-2H2;3-4H,1-2H2;. The molecule has 0 bridgehead atoms.